The molecule has 0 aliphatic carbocycles. The molecule has 0 unspecified atom stereocenters. The van der Waals surface area contributed by atoms with E-state index in [1.807, 2.05) is 0 Å². The summed E-state index contributed by atoms with van der Waals surface area (Å²) in [7, 11) is 0. The zero-order valence-corrected chi connectivity index (χ0v) is 7.78. The first kappa shape index (κ1) is 10.1. The number of nitrogens with one attached hydrogen (secondary N) is 1. The van der Waals surface area contributed by atoms with E-state index >= 15 is 0 Å². The molecule has 0 aromatic carbocycles. The molecule has 0 radical (unpaired) electrons. The van der Waals surface area contributed by atoms with Crippen molar-refractivity contribution in [3.8, 4) is 12.3 Å². The highest BCUT2D eigenvalue weighted by molar-refractivity contribution is 5.09. The SMILES string of the molecule is C#C/C=C/Cn1cc(C)c(=O)[nH]c1=O. The lowest BCUT2D eigenvalue weighted by atomic mass is 10.4. The summed E-state index contributed by atoms with van der Waals surface area (Å²) in [5.74, 6) is 2.32. The third kappa shape index (κ3) is 2.23. The van der Waals surface area contributed by atoms with E-state index in [1.54, 1.807) is 13.0 Å². The molecule has 4 nitrogen and oxygen atoms in total. The summed E-state index contributed by atoms with van der Waals surface area (Å²) in [6.45, 7) is 2.00. The van der Waals surface area contributed by atoms with Gasteiger partial charge in [0.1, 0.15) is 0 Å². The van der Waals surface area contributed by atoms with Crippen molar-refractivity contribution < 1.29 is 0 Å². The number of hydrogen-bond acceptors (Lipinski definition) is 2. The fourth-order valence-electron chi connectivity index (χ4n) is 0.988. The molecule has 0 bridgehead atoms. The van der Waals surface area contributed by atoms with Crippen LogP contribution < -0.4 is 11.2 Å². The molecule has 1 rings (SSSR count). The van der Waals surface area contributed by atoms with E-state index in [-0.39, 0.29) is 5.56 Å². The number of nitrogens with zero attached hydrogens (tertiary/aromatic N) is 1. The monoisotopic (exact) mass is 190 g/mol. The Morgan fingerprint density at radius 3 is 3.00 bits per heavy atom. The van der Waals surface area contributed by atoms with Crippen molar-refractivity contribution in [3.05, 3.63) is 44.8 Å². The third-order valence-corrected chi connectivity index (χ3v) is 1.71. The predicted octanol–water partition coefficient (Wildman–Crippen LogP) is 0.0344. The van der Waals surface area contributed by atoms with Crippen LogP contribution in [0.5, 0.6) is 0 Å². The van der Waals surface area contributed by atoms with Crippen LogP contribution >= 0.6 is 0 Å². The molecule has 0 saturated carbocycles. The number of terminal acetylenes is 1. The average Bonchev–Trinajstić information content (AvgIpc) is 2.14. The van der Waals surface area contributed by atoms with Crippen LogP contribution in [0.2, 0.25) is 0 Å². The number of aromatic amines is 1. The van der Waals surface area contributed by atoms with Crippen LogP contribution in [0, 0.1) is 19.3 Å². The number of rotatable bonds is 2. The second kappa shape index (κ2) is 4.28. The number of aryl methyl sites for hydroxylation is 1. The molecule has 14 heavy (non-hydrogen) atoms. The van der Waals surface area contributed by atoms with Gasteiger partial charge in [0.2, 0.25) is 0 Å². The Morgan fingerprint density at radius 1 is 1.64 bits per heavy atom. The first-order valence-electron chi connectivity index (χ1n) is 4.06. The maximum Gasteiger partial charge on any atom is 0.328 e. The van der Waals surface area contributed by atoms with Gasteiger partial charge >= 0.3 is 5.69 Å². The van der Waals surface area contributed by atoms with Crippen molar-refractivity contribution in [2.45, 2.75) is 13.5 Å². The minimum Gasteiger partial charge on any atom is -0.296 e. The van der Waals surface area contributed by atoms with Gasteiger partial charge in [0.05, 0.1) is 0 Å². The zero-order chi connectivity index (χ0) is 10.6. The smallest absolute Gasteiger partial charge is 0.296 e. The van der Waals surface area contributed by atoms with Gasteiger partial charge in [0.15, 0.2) is 0 Å². The number of allylic oxidation sites excluding steroid dienone is 2. The van der Waals surface area contributed by atoms with Crippen molar-refractivity contribution in [2.24, 2.45) is 0 Å². The number of H-pyrrole nitrogens is 1. The zero-order valence-electron chi connectivity index (χ0n) is 7.78. The first-order valence-corrected chi connectivity index (χ1v) is 4.06. The standard InChI is InChI=1S/C10H10N2O2/c1-3-4-5-6-12-7-8(2)9(13)11-10(12)14/h1,4-5,7H,6H2,2H3,(H,11,13,14)/b5-4+. The molecule has 1 aromatic heterocycles. The van der Waals surface area contributed by atoms with Crippen LogP contribution in [-0.2, 0) is 6.54 Å². The van der Waals surface area contributed by atoms with Crippen molar-refractivity contribution >= 4 is 0 Å². The van der Waals surface area contributed by atoms with E-state index < -0.39 is 5.69 Å². The Balaban J connectivity index is 3.06. The fraction of sp³-hybridized carbons (Fsp3) is 0.200. The van der Waals surface area contributed by atoms with Crippen molar-refractivity contribution in [2.75, 3.05) is 0 Å². The quantitative estimate of drug-likeness (QED) is 0.669. The normalized spacial score (nSPS) is 10.3. The molecule has 1 N–H and O–H groups in total. The summed E-state index contributed by atoms with van der Waals surface area (Å²) in [6, 6.07) is 0. The first-order chi connectivity index (χ1) is 6.65. The molecule has 0 aliphatic heterocycles. The van der Waals surface area contributed by atoms with Gasteiger partial charge in [-0.15, -0.1) is 6.42 Å². The van der Waals surface area contributed by atoms with Gasteiger partial charge in [-0.05, 0) is 13.0 Å². The lowest BCUT2D eigenvalue weighted by molar-refractivity contribution is 0.728. The Kier molecular flexibility index (Phi) is 3.08. The van der Waals surface area contributed by atoms with E-state index in [1.165, 1.54) is 16.8 Å². The molecular formula is C10H10N2O2. The van der Waals surface area contributed by atoms with Crippen molar-refractivity contribution in [1.82, 2.24) is 9.55 Å². The molecule has 1 aromatic rings. The molecule has 0 aliphatic rings. The number of hydrogen-bond donors (Lipinski definition) is 1. The van der Waals surface area contributed by atoms with Gasteiger partial charge < -0.3 is 0 Å². The Morgan fingerprint density at radius 2 is 2.36 bits per heavy atom. The van der Waals surface area contributed by atoms with Gasteiger partial charge in [-0.1, -0.05) is 12.0 Å². The Bertz CT molecular complexity index is 500. The van der Waals surface area contributed by atoms with E-state index in [0.717, 1.165) is 0 Å². The van der Waals surface area contributed by atoms with E-state index in [2.05, 4.69) is 10.9 Å². The Hall–Kier alpha value is -2.02. The number of aromatic nitrogens is 2. The summed E-state index contributed by atoms with van der Waals surface area (Å²) in [5, 5.41) is 0. The highest BCUT2D eigenvalue weighted by atomic mass is 16.2. The lowest BCUT2D eigenvalue weighted by Gasteiger charge is -2.00. The van der Waals surface area contributed by atoms with Gasteiger partial charge in [0, 0.05) is 18.3 Å². The van der Waals surface area contributed by atoms with Gasteiger partial charge in [-0.25, -0.2) is 4.79 Å². The highest BCUT2D eigenvalue weighted by Gasteiger charge is 1.97. The molecule has 1 heterocycles. The van der Waals surface area contributed by atoms with Crippen molar-refractivity contribution in [1.29, 1.82) is 0 Å². The van der Waals surface area contributed by atoms with Gasteiger partial charge in [-0.2, -0.15) is 0 Å². The Labute approximate surface area is 80.9 Å². The summed E-state index contributed by atoms with van der Waals surface area (Å²) in [6.07, 6.45) is 9.68. The summed E-state index contributed by atoms with van der Waals surface area (Å²) < 4.78 is 1.38. The van der Waals surface area contributed by atoms with Crippen LogP contribution in [0.3, 0.4) is 0 Å². The van der Waals surface area contributed by atoms with E-state index in [0.29, 0.717) is 12.1 Å². The molecule has 0 saturated heterocycles. The second-order valence-electron chi connectivity index (χ2n) is 2.79. The molecule has 72 valence electrons. The van der Waals surface area contributed by atoms with E-state index in [4.69, 9.17) is 6.42 Å². The molecule has 4 heteroatoms. The highest BCUT2D eigenvalue weighted by Crippen LogP contribution is 1.85. The molecule has 0 spiro atoms. The molecular weight excluding hydrogens is 180 g/mol. The molecule has 0 fully saturated rings. The minimum atomic E-state index is -0.428. The molecule has 0 amide bonds. The topological polar surface area (TPSA) is 54.9 Å². The van der Waals surface area contributed by atoms with Crippen LogP contribution in [0.1, 0.15) is 5.56 Å². The fourth-order valence-corrected chi connectivity index (χ4v) is 0.988. The second-order valence-corrected chi connectivity index (χ2v) is 2.79. The van der Waals surface area contributed by atoms with Crippen LogP contribution in [0.15, 0.2) is 27.9 Å². The lowest BCUT2D eigenvalue weighted by Crippen LogP contribution is -2.30. The average molecular weight is 190 g/mol. The third-order valence-electron chi connectivity index (χ3n) is 1.71. The summed E-state index contributed by atoms with van der Waals surface area (Å²) >= 11 is 0. The van der Waals surface area contributed by atoms with Crippen LogP contribution in [0.25, 0.3) is 0 Å². The summed E-state index contributed by atoms with van der Waals surface area (Å²) in [5.41, 5.74) is -0.284. The van der Waals surface area contributed by atoms with Gasteiger partial charge in [0.25, 0.3) is 5.56 Å². The summed E-state index contributed by atoms with van der Waals surface area (Å²) in [4.78, 5) is 24.4. The maximum atomic E-state index is 11.2. The van der Waals surface area contributed by atoms with Gasteiger partial charge in [-0.3, -0.25) is 14.3 Å². The van der Waals surface area contributed by atoms with Crippen LogP contribution in [-0.4, -0.2) is 9.55 Å². The molecule has 0 atom stereocenters. The largest absolute Gasteiger partial charge is 0.328 e. The minimum absolute atomic E-state index is 0.354. The van der Waals surface area contributed by atoms with Crippen molar-refractivity contribution in [3.63, 3.8) is 0 Å². The van der Waals surface area contributed by atoms with Crippen LogP contribution in [0.4, 0.5) is 0 Å². The van der Waals surface area contributed by atoms with E-state index in [9.17, 15) is 9.59 Å². The maximum absolute atomic E-state index is 11.2. The predicted molar refractivity (Wildman–Crippen MR) is 54.0 cm³/mol.